The van der Waals surface area contributed by atoms with E-state index < -0.39 is 0 Å². The molecule has 25 heavy (non-hydrogen) atoms. The van der Waals surface area contributed by atoms with Gasteiger partial charge < -0.3 is 9.47 Å². The number of rotatable bonds is 3. The molecule has 3 aromatic heterocycles. The van der Waals surface area contributed by atoms with Crippen LogP contribution in [0, 0.1) is 0 Å². The van der Waals surface area contributed by atoms with Gasteiger partial charge in [-0.05, 0) is 31.4 Å². The lowest BCUT2D eigenvalue weighted by atomic mass is 10.0. The van der Waals surface area contributed by atoms with Gasteiger partial charge in [0.25, 0.3) is 5.91 Å². The number of likely N-dealkylation sites (tertiary alicyclic amines) is 1. The van der Waals surface area contributed by atoms with Crippen molar-refractivity contribution >= 4 is 5.91 Å². The Morgan fingerprint density at radius 1 is 1.32 bits per heavy atom. The fourth-order valence-electron chi connectivity index (χ4n) is 3.24. The number of aromatic nitrogens is 6. The van der Waals surface area contributed by atoms with E-state index >= 15 is 0 Å². The number of aromatic amines is 1. The smallest absolute Gasteiger partial charge is 0.271 e. The molecule has 8 nitrogen and oxygen atoms in total. The molecular weight excluding hydrogens is 318 g/mol. The third kappa shape index (κ3) is 2.90. The zero-order chi connectivity index (χ0) is 17.2. The molecule has 0 aliphatic carbocycles. The number of amides is 1. The number of hydrogen-bond donors (Lipinski definition) is 1. The summed E-state index contributed by atoms with van der Waals surface area (Å²) in [4.78, 5) is 27.7. The quantitative estimate of drug-likeness (QED) is 0.789. The molecule has 1 atom stereocenters. The van der Waals surface area contributed by atoms with Crippen molar-refractivity contribution < 1.29 is 4.79 Å². The minimum Gasteiger partial charge on any atom is -0.347 e. The van der Waals surface area contributed by atoms with Gasteiger partial charge in [0.2, 0.25) is 5.82 Å². The maximum Gasteiger partial charge on any atom is 0.271 e. The van der Waals surface area contributed by atoms with Crippen molar-refractivity contribution in [1.29, 1.82) is 0 Å². The molecule has 1 amide bonds. The number of H-pyrrole nitrogens is 1. The summed E-state index contributed by atoms with van der Waals surface area (Å²) in [6, 6.07) is 3.63. The number of nitrogens with one attached hydrogen (secondary N) is 1. The molecule has 0 bridgehead atoms. The molecule has 8 heteroatoms. The van der Waals surface area contributed by atoms with Gasteiger partial charge in [-0.3, -0.25) is 14.9 Å². The second kappa shape index (κ2) is 6.46. The van der Waals surface area contributed by atoms with Crippen LogP contribution in [0.4, 0.5) is 0 Å². The van der Waals surface area contributed by atoms with Gasteiger partial charge in [-0.15, -0.1) is 0 Å². The Morgan fingerprint density at radius 2 is 2.24 bits per heavy atom. The first-order chi connectivity index (χ1) is 12.2. The summed E-state index contributed by atoms with van der Waals surface area (Å²) in [5, 5.41) is 7.24. The number of carbonyl (C=O) groups excluding carboxylic acids is 1. The molecule has 1 aliphatic rings. The summed E-state index contributed by atoms with van der Waals surface area (Å²) < 4.78 is 1.85. The van der Waals surface area contributed by atoms with Gasteiger partial charge in [0.1, 0.15) is 17.2 Å². The van der Waals surface area contributed by atoms with Gasteiger partial charge in [0.05, 0.1) is 12.2 Å². The second-order valence-electron chi connectivity index (χ2n) is 6.15. The van der Waals surface area contributed by atoms with Crippen LogP contribution in [0.15, 0.2) is 36.9 Å². The predicted molar refractivity (Wildman–Crippen MR) is 90.5 cm³/mol. The minimum absolute atomic E-state index is 0.0228. The fraction of sp³-hybridized carbons (Fsp3) is 0.353. The van der Waals surface area contributed by atoms with Gasteiger partial charge in [0.15, 0.2) is 0 Å². The number of carbonyl (C=O) groups is 1. The molecular formula is C17H19N7O. The Morgan fingerprint density at radius 3 is 3.00 bits per heavy atom. The first kappa shape index (κ1) is 15.5. The molecule has 1 unspecified atom stereocenters. The van der Waals surface area contributed by atoms with E-state index in [1.165, 1.54) is 0 Å². The molecule has 3 aromatic rings. The molecule has 0 radical (unpaired) electrons. The zero-order valence-corrected chi connectivity index (χ0v) is 14.0. The van der Waals surface area contributed by atoms with E-state index in [2.05, 4.69) is 25.1 Å². The molecule has 4 rings (SSSR count). The second-order valence-corrected chi connectivity index (χ2v) is 6.15. The van der Waals surface area contributed by atoms with Gasteiger partial charge in [0, 0.05) is 32.2 Å². The molecule has 4 heterocycles. The van der Waals surface area contributed by atoms with Crippen LogP contribution in [0.2, 0.25) is 0 Å². The number of nitrogens with zero attached hydrogens (tertiary/aromatic N) is 6. The van der Waals surface area contributed by atoms with Crippen LogP contribution >= 0.6 is 0 Å². The van der Waals surface area contributed by atoms with E-state index in [9.17, 15) is 4.79 Å². The Hall–Kier alpha value is -3.03. The normalized spacial score (nSPS) is 17.6. The van der Waals surface area contributed by atoms with Gasteiger partial charge in [-0.1, -0.05) is 0 Å². The lowest BCUT2D eigenvalue weighted by molar-refractivity contribution is 0.0590. The highest BCUT2D eigenvalue weighted by Gasteiger charge is 2.32. The summed E-state index contributed by atoms with van der Waals surface area (Å²) in [6.07, 6.45) is 9.65. The van der Waals surface area contributed by atoms with Crippen LogP contribution in [0.1, 0.15) is 41.6 Å². The molecule has 0 spiro atoms. The molecule has 128 valence electrons. The van der Waals surface area contributed by atoms with Crippen molar-refractivity contribution in [2.24, 2.45) is 7.05 Å². The maximum absolute atomic E-state index is 13.0. The average molecular weight is 337 g/mol. The first-order valence-corrected chi connectivity index (χ1v) is 8.35. The highest BCUT2D eigenvalue weighted by Crippen LogP contribution is 2.30. The molecule has 1 N–H and O–H groups in total. The molecule has 0 saturated carbocycles. The number of hydrogen-bond acceptors (Lipinski definition) is 5. The average Bonchev–Trinajstić information content (AvgIpc) is 3.31. The van der Waals surface area contributed by atoms with E-state index in [1.807, 2.05) is 34.8 Å². The van der Waals surface area contributed by atoms with Crippen LogP contribution in [0.3, 0.4) is 0 Å². The van der Waals surface area contributed by atoms with Crippen molar-refractivity contribution in [2.45, 2.75) is 25.3 Å². The van der Waals surface area contributed by atoms with Crippen molar-refractivity contribution in [3.8, 4) is 11.5 Å². The zero-order valence-electron chi connectivity index (χ0n) is 14.0. The predicted octanol–water partition coefficient (Wildman–Crippen LogP) is 1.97. The summed E-state index contributed by atoms with van der Waals surface area (Å²) >= 11 is 0. The number of piperidine rings is 1. The number of aryl methyl sites for hydroxylation is 1. The minimum atomic E-state index is -0.103. The molecule has 1 fully saturated rings. The van der Waals surface area contributed by atoms with Crippen LogP contribution in [0.25, 0.3) is 11.5 Å². The summed E-state index contributed by atoms with van der Waals surface area (Å²) in [7, 11) is 1.88. The van der Waals surface area contributed by atoms with E-state index in [0.29, 0.717) is 23.0 Å². The first-order valence-electron chi connectivity index (χ1n) is 8.35. The molecule has 1 aliphatic heterocycles. The lowest BCUT2D eigenvalue weighted by Gasteiger charge is -2.34. The Labute approximate surface area is 144 Å². The Kier molecular flexibility index (Phi) is 4.01. The van der Waals surface area contributed by atoms with Crippen molar-refractivity contribution in [3.05, 3.63) is 48.4 Å². The largest absolute Gasteiger partial charge is 0.347 e. The molecule has 1 saturated heterocycles. The Bertz CT molecular complexity index is 870. The van der Waals surface area contributed by atoms with Crippen molar-refractivity contribution in [2.75, 3.05) is 6.54 Å². The monoisotopic (exact) mass is 337 g/mol. The fourth-order valence-corrected chi connectivity index (χ4v) is 3.24. The van der Waals surface area contributed by atoms with Crippen molar-refractivity contribution in [3.63, 3.8) is 0 Å². The van der Waals surface area contributed by atoms with E-state index in [-0.39, 0.29) is 11.9 Å². The lowest BCUT2D eigenvalue weighted by Crippen LogP contribution is -2.39. The summed E-state index contributed by atoms with van der Waals surface area (Å²) in [5.41, 5.74) is 1.29. The van der Waals surface area contributed by atoms with Crippen molar-refractivity contribution in [1.82, 2.24) is 34.6 Å². The highest BCUT2D eigenvalue weighted by atomic mass is 16.2. The van der Waals surface area contributed by atoms with Gasteiger partial charge in [-0.25, -0.2) is 9.97 Å². The van der Waals surface area contributed by atoms with Crippen LogP contribution in [-0.4, -0.2) is 47.1 Å². The topological polar surface area (TPSA) is 92.6 Å². The van der Waals surface area contributed by atoms with E-state index in [1.54, 1.807) is 18.6 Å². The van der Waals surface area contributed by atoms with Crippen LogP contribution in [0.5, 0.6) is 0 Å². The van der Waals surface area contributed by atoms with Gasteiger partial charge >= 0.3 is 0 Å². The SMILES string of the molecule is Cn1cccc1C(=O)N1CCCCC1c1nc(-c2cnccn2)n[nH]1. The van der Waals surface area contributed by atoms with E-state index in [4.69, 9.17) is 0 Å². The maximum atomic E-state index is 13.0. The standard InChI is InChI=1S/C17H19N7O/c1-23-9-4-6-14(23)17(25)24-10-3-2-5-13(24)16-20-15(21-22-16)12-11-18-7-8-19-12/h4,6-9,11,13H,2-3,5,10H2,1H3,(H,20,21,22). The van der Waals surface area contributed by atoms with Crippen LogP contribution < -0.4 is 0 Å². The highest BCUT2D eigenvalue weighted by molar-refractivity contribution is 5.93. The third-order valence-corrected chi connectivity index (χ3v) is 4.54. The van der Waals surface area contributed by atoms with E-state index in [0.717, 1.165) is 25.8 Å². The van der Waals surface area contributed by atoms with Gasteiger partial charge in [-0.2, -0.15) is 5.10 Å². The molecule has 0 aromatic carbocycles. The summed E-state index contributed by atoms with van der Waals surface area (Å²) in [6.45, 7) is 0.718. The third-order valence-electron chi connectivity index (χ3n) is 4.54. The Balaban J connectivity index is 1.63. The van der Waals surface area contributed by atoms with Crippen LogP contribution in [-0.2, 0) is 7.05 Å². The summed E-state index contributed by atoms with van der Waals surface area (Å²) in [5.74, 6) is 1.22.